The first-order valence-corrected chi connectivity index (χ1v) is 10.8. The van der Waals surface area contributed by atoms with Gasteiger partial charge in [0.05, 0.1) is 10.6 Å². The predicted molar refractivity (Wildman–Crippen MR) is 120 cm³/mol. The quantitative estimate of drug-likeness (QED) is 0.578. The lowest BCUT2D eigenvalue weighted by Gasteiger charge is -2.20. The van der Waals surface area contributed by atoms with Gasteiger partial charge in [0.1, 0.15) is 17.1 Å². The number of amides is 1. The number of nitrogens with zero attached hydrogens (tertiary/aromatic N) is 1. The van der Waals surface area contributed by atoms with Crippen molar-refractivity contribution in [1.29, 1.82) is 0 Å². The lowest BCUT2D eigenvalue weighted by atomic mass is 9.89. The molecule has 0 spiro atoms. The van der Waals surface area contributed by atoms with Crippen LogP contribution in [0, 0.1) is 5.82 Å². The number of carbonyl (C=O) groups is 2. The van der Waals surface area contributed by atoms with Crippen LogP contribution in [-0.2, 0) is 0 Å². The Morgan fingerprint density at radius 2 is 1.84 bits per heavy atom. The molecule has 2 saturated carbocycles. The highest BCUT2D eigenvalue weighted by atomic mass is 35.5. The van der Waals surface area contributed by atoms with Gasteiger partial charge in [0, 0.05) is 17.0 Å². The zero-order chi connectivity index (χ0) is 23.0. The molecule has 0 atom stereocenters. The molecule has 0 unspecified atom stereocenters. The van der Waals surface area contributed by atoms with E-state index in [1.165, 1.54) is 0 Å². The average Bonchev–Trinajstić information content (AvgIpc) is 3.60. The van der Waals surface area contributed by atoms with E-state index in [-0.39, 0.29) is 11.3 Å². The number of nitrogens with two attached hydrogens (primary N) is 1. The number of carboxylic acid groups (broad SMARTS) is 1. The average molecular weight is 457 g/mol. The van der Waals surface area contributed by atoms with Gasteiger partial charge in [-0.05, 0) is 73.8 Å². The smallest absolute Gasteiger partial charge is 0.339 e. The van der Waals surface area contributed by atoms with Gasteiger partial charge in [-0.2, -0.15) is 0 Å². The SMILES string of the molecule is NC(=C1CCCCC1=NC(=O)c1c(Cl)cccc1C1CC1)c1cc(O)c(C(=O)O)cc1F. The van der Waals surface area contributed by atoms with Crippen LogP contribution in [0.3, 0.4) is 0 Å². The normalized spacial score (nSPS) is 19.1. The van der Waals surface area contributed by atoms with Crippen LogP contribution >= 0.6 is 11.6 Å². The number of allylic oxidation sites excluding steroid dienone is 1. The second kappa shape index (κ2) is 8.74. The summed E-state index contributed by atoms with van der Waals surface area (Å²) in [6.45, 7) is 0. The van der Waals surface area contributed by atoms with Crippen LogP contribution in [0.25, 0.3) is 5.70 Å². The molecule has 0 bridgehead atoms. The van der Waals surface area contributed by atoms with E-state index in [0.717, 1.165) is 43.4 Å². The predicted octanol–water partition coefficient (Wildman–Crippen LogP) is 5.29. The number of carboxylic acids is 1. The van der Waals surface area contributed by atoms with E-state index >= 15 is 0 Å². The third-order valence-electron chi connectivity index (χ3n) is 5.88. The Morgan fingerprint density at radius 3 is 2.53 bits per heavy atom. The molecule has 4 N–H and O–H groups in total. The molecule has 6 nitrogen and oxygen atoms in total. The van der Waals surface area contributed by atoms with E-state index < -0.39 is 29.0 Å². The van der Waals surface area contributed by atoms with Crippen molar-refractivity contribution >= 4 is 34.9 Å². The molecular formula is C24H22ClFN2O4. The molecule has 2 aliphatic rings. The molecular weight excluding hydrogens is 435 g/mol. The molecule has 0 heterocycles. The van der Waals surface area contributed by atoms with E-state index in [1.54, 1.807) is 6.07 Å². The second-order valence-corrected chi connectivity index (χ2v) is 8.50. The lowest BCUT2D eigenvalue weighted by molar-refractivity contribution is 0.0693. The van der Waals surface area contributed by atoms with Crippen LogP contribution in [0.1, 0.15) is 76.3 Å². The summed E-state index contributed by atoms with van der Waals surface area (Å²) in [6, 6.07) is 7.10. The first kappa shape index (κ1) is 22.0. The van der Waals surface area contributed by atoms with Crippen LogP contribution in [-0.4, -0.2) is 27.8 Å². The van der Waals surface area contributed by atoms with E-state index in [0.29, 0.717) is 40.6 Å². The van der Waals surface area contributed by atoms with Gasteiger partial charge in [-0.1, -0.05) is 23.7 Å². The first-order valence-electron chi connectivity index (χ1n) is 10.4. The maximum atomic E-state index is 14.6. The fourth-order valence-corrected chi connectivity index (χ4v) is 4.35. The van der Waals surface area contributed by atoms with E-state index in [9.17, 15) is 19.1 Å². The third-order valence-corrected chi connectivity index (χ3v) is 6.20. The van der Waals surface area contributed by atoms with Crippen LogP contribution in [0.15, 0.2) is 40.9 Å². The minimum Gasteiger partial charge on any atom is -0.507 e. The number of phenols is 1. The van der Waals surface area contributed by atoms with Gasteiger partial charge < -0.3 is 15.9 Å². The monoisotopic (exact) mass is 456 g/mol. The molecule has 2 aliphatic carbocycles. The number of aromatic hydroxyl groups is 1. The van der Waals surface area contributed by atoms with Crippen molar-refractivity contribution in [3.8, 4) is 5.75 Å². The standard InChI is InChI=1S/C24H22ClFN2O4/c25-17-6-3-5-13(12-8-9-12)21(17)23(30)28-19-7-2-1-4-14(19)22(27)15-11-20(29)16(24(31)32)10-18(15)26/h3,5-6,10-12,29H,1-2,4,7-9,27H2,(H,31,32). The fraction of sp³-hybridized carbons (Fsp3) is 0.292. The fourth-order valence-electron chi connectivity index (χ4n) is 4.08. The summed E-state index contributed by atoms with van der Waals surface area (Å²) >= 11 is 6.34. The van der Waals surface area contributed by atoms with Crippen LogP contribution in [0.5, 0.6) is 5.75 Å². The molecule has 2 fully saturated rings. The van der Waals surface area contributed by atoms with Crippen molar-refractivity contribution in [3.05, 3.63) is 69.0 Å². The van der Waals surface area contributed by atoms with Gasteiger partial charge in [-0.25, -0.2) is 14.2 Å². The van der Waals surface area contributed by atoms with Crippen molar-refractivity contribution in [2.75, 3.05) is 0 Å². The molecule has 8 heteroatoms. The molecule has 2 aromatic rings. The van der Waals surface area contributed by atoms with Gasteiger partial charge in [-0.3, -0.25) is 4.79 Å². The number of carbonyl (C=O) groups excluding carboxylic acids is 1. The van der Waals surface area contributed by atoms with E-state index in [2.05, 4.69) is 4.99 Å². The number of hydrogen-bond donors (Lipinski definition) is 3. The van der Waals surface area contributed by atoms with Gasteiger partial charge >= 0.3 is 5.97 Å². The molecule has 0 aliphatic heterocycles. The summed E-state index contributed by atoms with van der Waals surface area (Å²) in [6.07, 6.45) is 4.56. The van der Waals surface area contributed by atoms with E-state index in [1.807, 2.05) is 12.1 Å². The molecule has 0 radical (unpaired) electrons. The Labute approximate surface area is 189 Å². The number of aliphatic imine (C=N–C) groups is 1. The topological polar surface area (TPSA) is 113 Å². The molecule has 1 amide bonds. The van der Waals surface area contributed by atoms with Crippen molar-refractivity contribution in [3.63, 3.8) is 0 Å². The highest BCUT2D eigenvalue weighted by Gasteiger charge is 2.30. The van der Waals surface area contributed by atoms with Gasteiger partial charge in [0.25, 0.3) is 5.91 Å². The van der Waals surface area contributed by atoms with Crippen LogP contribution in [0.4, 0.5) is 4.39 Å². The summed E-state index contributed by atoms with van der Waals surface area (Å²) < 4.78 is 14.6. The maximum absolute atomic E-state index is 14.6. The minimum atomic E-state index is -1.45. The van der Waals surface area contributed by atoms with E-state index in [4.69, 9.17) is 22.4 Å². The lowest BCUT2D eigenvalue weighted by Crippen LogP contribution is -2.18. The highest BCUT2D eigenvalue weighted by Crippen LogP contribution is 2.43. The summed E-state index contributed by atoms with van der Waals surface area (Å²) in [5.74, 6) is -3.05. The van der Waals surface area contributed by atoms with Gasteiger partial charge in [0.2, 0.25) is 0 Å². The summed E-state index contributed by atoms with van der Waals surface area (Å²) in [4.78, 5) is 28.6. The largest absolute Gasteiger partial charge is 0.507 e. The van der Waals surface area contributed by atoms with Crippen molar-refractivity contribution in [1.82, 2.24) is 0 Å². The number of benzene rings is 2. The molecule has 0 aromatic heterocycles. The molecule has 166 valence electrons. The van der Waals surface area contributed by atoms with Crippen LogP contribution in [0.2, 0.25) is 5.02 Å². The number of aromatic carboxylic acids is 1. The Hall–Kier alpha value is -3.19. The van der Waals surface area contributed by atoms with Crippen molar-refractivity contribution in [2.24, 2.45) is 10.7 Å². The molecule has 0 saturated heterocycles. The molecule has 2 aromatic carbocycles. The molecule has 32 heavy (non-hydrogen) atoms. The summed E-state index contributed by atoms with van der Waals surface area (Å²) in [7, 11) is 0. The minimum absolute atomic E-state index is 0.0302. The van der Waals surface area contributed by atoms with Crippen molar-refractivity contribution < 1.29 is 24.2 Å². The van der Waals surface area contributed by atoms with Crippen LogP contribution < -0.4 is 5.73 Å². The first-order chi connectivity index (χ1) is 15.3. The van der Waals surface area contributed by atoms with Gasteiger partial charge in [0.15, 0.2) is 0 Å². The second-order valence-electron chi connectivity index (χ2n) is 8.10. The Bertz CT molecular complexity index is 1180. The highest BCUT2D eigenvalue weighted by molar-refractivity contribution is 6.34. The number of rotatable bonds is 4. The number of hydrogen-bond acceptors (Lipinski definition) is 4. The summed E-state index contributed by atoms with van der Waals surface area (Å²) in [5, 5.41) is 19.4. The Kier molecular flexibility index (Phi) is 6.02. The molecule has 4 rings (SSSR count). The summed E-state index contributed by atoms with van der Waals surface area (Å²) in [5.41, 5.74) is 7.87. The third kappa shape index (κ3) is 4.25. The Balaban J connectivity index is 1.76. The Morgan fingerprint density at radius 1 is 1.12 bits per heavy atom. The zero-order valence-corrected chi connectivity index (χ0v) is 18.0. The maximum Gasteiger partial charge on any atom is 0.339 e. The zero-order valence-electron chi connectivity index (χ0n) is 17.2. The number of halogens is 2. The van der Waals surface area contributed by atoms with Crippen molar-refractivity contribution in [2.45, 2.75) is 44.4 Å². The van der Waals surface area contributed by atoms with Gasteiger partial charge in [-0.15, -0.1) is 0 Å².